The number of urea groups is 1. The van der Waals surface area contributed by atoms with E-state index in [4.69, 9.17) is 4.74 Å². The largest absolute Gasteiger partial charge is 0.492 e. The highest BCUT2D eigenvalue weighted by atomic mass is 32.2. The van der Waals surface area contributed by atoms with Gasteiger partial charge in [-0.05, 0) is 44.0 Å². The third-order valence-electron chi connectivity index (χ3n) is 5.43. The van der Waals surface area contributed by atoms with Crippen molar-refractivity contribution in [2.75, 3.05) is 12.4 Å². The number of amides is 3. The van der Waals surface area contributed by atoms with Gasteiger partial charge in [-0.3, -0.25) is 19.5 Å². The Kier molecular flexibility index (Phi) is 7.29. The van der Waals surface area contributed by atoms with Gasteiger partial charge in [-0.2, -0.15) is 0 Å². The summed E-state index contributed by atoms with van der Waals surface area (Å²) in [5.41, 5.74) is 0.827. The number of nitrogens with zero attached hydrogens (tertiary/aromatic N) is 2. The highest BCUT2D eigenvalue weighted by Gasteiger charge is 2.20. The SMILES string of the molecule is CCOc1ccccc1-n1c(SCC(=O)NC(=O)NC2CCCC2)nc2ccccc2c1=O. The molecular weight excluding hydrogens is 440 g/mol. The molecule has 0 radical (unpaired) electrons. The average Bonchev–Trinajstić information content (AvgIpc) is 3.31. The second-order valence-electron chi connectivity index (χ2n) is 7.74. The summed E-state index contributed by atoms with van der Waals surface area (Å²) in [6.07, 6.45) is 4.04. The van der Waals surface area contributed by atoms with Crippen LogP contribution in [0.25, 0.3) is 16.6 Å². The standard InChI is InChI=1S/C24H26N4O4S/c1-2-32-20-14-8-7-13-19(20)28-22(30)17-11-5-6-12-18(17)26-24(28)33-15-21(29)27-23(31)25-16-9-3-4-10-16/h5-8,11-14,16H,2-4,9-10,15H2,1H3,(H2,25,27,29,31). The number of carbonyl (C=O) groups is 2. The highest BCUT2D eigenvalue weighted by molar-refractivity contribution is 7.99. The van der Waals surface area contributed by atoms with Gasteiger partial charge in [0.15, 0.2) is 5.16 Å². The summed E-state index contributed by atoms with van der Waals surface area (Å²) < 4.78 is 7.19. The van der Waals surface area contributed by atoms with E-state index >= 15 is 0 Å². The molecule has 8 nitrogen and oxygen atoms in total. The van der Waals surface area contributed by atoms with Crippen LogP contribution < -0.4 is 20.9 Å². The van der Waals surface area contributed by atoms with Crippen LogP contribution in [0.4, 0.5) is 4.79 Å². The van der Waals surface area contributed by atoms with E-state index in [0.717, 1.165) is 37.4 Å². The molecule has 0 saturated heterocycles. The van der Waals surface area contributed by atoms with Crippen molar-refractivity contribution in [3.8, 4) is 11.4 Å². The van der Waals surface area contributed by atoms with Crippen molar-refractivity contribution in [3.05, 3.63) is 58.9 Å². The summed E-state index contributed by atoms with van der Waals surface area (Å²) in [5.74, 6) is 0.0172. The summed E-state index contributed by atoms with van der Waals surface area (Å²) in [6, 6.07) is 13.9. The van der Waals surface area contributed by atoms with E-state index < -0.39 is 11.9 Å². The number of nitrogens with one attached hydrogen (secondary N) is 2. The van der Waals surface area contributed by atoms with E-state index in [2.05, 4.69) is 15.6 Å². The monoisotopic (exact) mass is 466 g/mol. The van der Waals surface area contributed by atoms with Gasteiger partial charge in [0, 0.05) is 6.04 Å². The van der Waals surface area contributed by atoms with Crippen LogP contribution in [0.15, 0.2) is 58.5 Å². The summed E-state index contributed by atoms with van der Waals surface area (Å²) in [4.78, 5) is 42.6. The number of benzene rings is 2. The van der Waals surface area contributed by atoms with Crippen LogP contribution in [0.2, 0.25) is 0 Å². The maximum absolute atomic E-state index is 13.4. The first-order chi connectivity index (χ1) is 16.1. The Bertz CT molecular complexity index is 1220. The molecule has 9 heteroatoms. The van der Waals surface area contributed by atoms with Crippen molar-refractivity contribution in [2.45, 2.75) is 43.8 Å². The maximum atomic E-state index is 13.4. The van der Waals surface area contributed by atoms with Gasteiger partial charge < -0.3 is 10.1 Å². The van der Waals surface area contributed by atoms with Gasteiger partial charge in [0.05, 0.1) is 29.0 Å². The minimum absolute atomic E-state index is 0.0698. The fraction of sp³-hybridized carbons (Fsp3) is 0.333. The predicted molar refractivity (Wildman–Crippen MR) is 128 cm³/mol. The van der Waals surface area contributed by atoms with E-state index in [9.17, 15) is 14.4 Å². The maximum Gasteiger partial charge on any atom is 0.321 e. The molecule has 0 bridgehead atoms. The molecule has 1 aromatic heterocycles. The predicted octanol–water partition coefficient (Wildman–Crippen LogP) is 3.64. The fourth-order valence-electron chi connectivity index (χ4n) is 3.93. The number of ether oxygens (including phenoxy) is 1. The Labute approximate surface area is 195 Å². The first-order valence-corrected chi connectivity index (χ1v) is 12.0. The molecule has 0 aliphatic heterocycles. The second-order valence-corrected chi connectivity index (χ2v) is 8.69. The van der Waals surface area contributed by atoms with E-state index in [1.165, 1.54) is 4.57 Å². The van der Waals surface area contributed by atoms with Crippen molar-refractivity contribution < 1.29 is 14.3 Å². The molecule has 2 N–H and O–H groups in total. The topological polar surface area (TPSA) is 102 Å². The lowest BCUT2D eigenvalue weighted by Gasteiger charge is -2.16. The molecule has 1 heterocycles. The van der Waals surface area contributed by atoms with Crippen LogP contribution in [0.5, 0.6) is 5.75 Å². The van der Waals surface area contributed by atoms with Gasteiger partial charge >= 0.3 is 6.03 Å². The molecule has 1 aliphatic carbocycles. The van der Waals surface area contributed by atoms with Crippen molar-refractivity contribution in [2.24, 2.45) is 0 Å². The molecule has 4 rings (SSSR count). The molecule has 0 unspecified atom stereocenters. The van der Waals surface area contributed by atoms with E-state index in [1.54, 1.807) is 30.3 Å². The molecule has 2 aromatic carbocycles. The molecule has 1 saturated carbocycles. The number of fused-ring (bicyclic) bond motifs is 1. The Balaban J connectivity index is 1.60. The zero-order valence-corrected chi connectivity index (χ0v) is 19.2. The molecule has 1 fully saturated rings. The average molecular weight is 467 g/mol. The zero-order chi connectivity index (χ0) is 23.2. The van der Waals surface area contributed by atoms with Gasteiger partial charge in [0.25, 0.3) is 5.56 Å². The van der Waals surface area contributed by atoms with Crippen LogP contribution in [0.1, 0.15) is 32.6 Å². The van der Waals surface area contributed by atoms with Gasteiger partial charge in [-0.15, -0.1) is 0 Å². The summed E-state index contributed by atoms with van der Waals surface area (Å²) in [6.45, 7) is 2.31. The van der Waals surface area contributed by atoms with Crippen LogP contribution in [0.3, 0.4) is 0 Å². The Morgan fingerprint density at radius 3 is 2.64 bits per heavy atom. The van der Waals surface area contributed by atoms with Gasteiger partial charge in [-0.25, -0.2) is 9.78 Å². The normalized spacial score (nSPS) is 13.7. The molecule has 0 spiro atoms. The van der Waals surface area contributed by atoms with Crippen molar-refractivity contribution >= 4 is 34.6 Å². The van der Waals surface area contributed by atoms with Crippen molar-refractivity contribution in [1.29, 1.82) is 0 Å². The summed E-state index contributed by atoms with van der Waals surface area (Å²) >= 11 is 1.09. The smallest absolute Gasteiger partial charge is 0.321 e. The Hall–Kier alpha value is -3.33. The van der Waals surface area contributed by atoms with E-state index in [0.29, 0.717) is 34.1 Å². The van der Waals surface area contributed by atoms with Crippen LogP contribution in [0, 0.1) is 0 Å². The number of para-hydroxylation sites is 3. The number of thioether (sulfide) groups is 1. The van der Waals surface area contributed by atoms with Gasteiger partial charge in [0.1, 0.15) is 5.75 Å². The molecule has 33 heavy (non-hydrogen) atoms. The van der Waals surface area contributed by atoms with Crippen LogP contribution in [-0.4, -0.2) is 39.9 Å². The van der Waals surface area contributed by atoms with Gasteiger partial charge in [0.2, 0.25) is 5.91 Å². The zero-order valence-electron chi connectivity index (χ0n) is 18.4. The fourth-order valence-corrected chi connectivity index (χ4v) is 4.73. The third-order valence-corrected chi connectivity index (χ3v) is 6.37. The first-order valence-electron chi connectivity index (χ1n) is 11.0. The molecule has 3 amide bonds. The minimum atomic E-state index is -0.488. The van der Waals surface area contributed by atoms with E-state index in [1.807, 2.05) is 25.1 Å². The Morgan fingerprint density at radius 1 is 1.12 bits per heavy atom. The third kappa shape index (κ3) is 5.36. The Morgan fingerprint density at radius 2 is 1.85 bits per heavy atom. The molecule has 172 valence electrons. The lowest BCUT2D eigenvalue weighted by Crippen LogP contribution is -2.44. The number of imide groups is 1. The number of rotatable bonds is 7. The first kappa shape index (κ1) is 22.8. The number of carbonyl (C=O) groups excluding carboxylic acids is 2. The quantitative estimate of drug-likeness (QED) is 0.407. The number of aromatic nitrogens is 2. The summed E-state index contributed by atoms with van der Waals surface area (Å²) in [7, 11) is 0. The highest BCUT2D eigenvalue weighted by Crippen LogP contribution is 2.27. The van der Waals surface area contributed by atoms with Crippen molar-refractivity contribution in [1.82, 2.24) is 20.2 Å². The second kappa shape index (κ2) is 10.5. The minimum Gasteiger partial charge on any atom is -0.492 e. The van der Waals surface area contributed by atoms with Crippen molar-refractivity contribution in [3.63, 3.8) is 0 Å². The molecule has 3 aromatic rings. The van der Waals surface area contributed by atoms with E-state index in [-0.39, 0.29) is 17.4 Å². The summed E-state index contributed by atoms with van der Waals surface area (Å²) in [5, 5.41) is 6.01. The molecular formula is C24H26N4O4S. The lowest BCUT2D eigenvalue weighted by molar-refractivity contribution is -0.117. The molecule has 1 aliphatic rings. The number of hydrogen-bond donors (Lipinski definition) is 2. The van der Waals surface area contributed by atoms with Gasteiger partial charge in [-0.1, -0.05) is 48.9 Å². The van der Waals surface area contributed by atoms with Crippen LogP contribution >= 0.6 is 11.8 Å². The van der Waals surface area contributed by atoms with Crippen LogP contribution in [-0.2, 0) is 4.79 Å². The lowest BCUT2D eigenvalue weighted by atomic mass is 10.2. The molecule has 0 atom stereocenters. The number of hydrogen-bond acceptors (Lipinski definition) is 6.